The quantitative estimate of drug-likeness (QED) is 0.776. The SMILES string of the molecule is Oc1c(F)cc(C2CCCCN2)cc1Cl. The van der Waals surface area contributed by atoms with E-state index >= 15 is 0 Å². The van der Waals surface area contributed by atoms with Gasteiger partial charge in [-0.2, -0.15) is 0 Å². The van der Waals surface area contributed by atoms with E-state index in [0.29, 0.717) is 0 Å². The summed E-state index contributed by atoms with van der Waals surface area (Å²) in [6.07, 6.45) is 3.28. The number of phenolic OH excluding ortho intramolecular Hbond substituents is 1. The van der Waals surface area contributed by atoms with E-state index < -0.39 is 11.6 Å². The molecule has 15 heavy (non-hydrogen) atoms. The standard InChI is InChI=1S/C11H13ClFNO/c12-8-5-7(6-9(13)11(8)15)10-3-1-2-4-14-10/h5-6,10,14-15H,1-4H2. The van der Waals surface area contributed by atoms with Crippen molar-refractivity contribution in [1.29, 1.82) is 0 Å². The lowest BCUT2D eigenvalue weighted by Gasteiger charge is -2.24. The third kappa shape index (κ3) is 2.24. The summed E-state index contributed by atoms with van der Waals surface area (Å²) >= 11 is 5.72. The number of piperidine rings is 1. The molecule has 4 heteroatoms. The molecule has 1 atom stereocenters. The van der Waals surface area contributed by atoms with Crippen molar-refractivity contribution < 1.29 is 9.50 Å². The van der Waals surface area contributed by atoms with Crippen LogP contribution in [0.15, 0.2) is 12.1 Å². The molecule has 2 nitrogen and oxygen atoms in total. The second-order valence-corrected chi connectivity index (χ2v) is 4.24. The van der Waals surface area contributed by atoms with E-state index in [1.165, 1.54) is 6.07 Å². The molecule has 1 aromatic carbocycles. The molecule has 1 aromatic rings. The van der Waals surface area contributed by atoms with Crippen LogP contribution in [0.5, 0.6) is 5.75 Å². The van der Waals surface area contributed by atoms with Gasteiger partial charge in [0.2, 0.25) is 0 Å². The molecule has 2 N–H and O–H groups in total. The van der Waals surface area contributed by atoms with Gasteiger partial charge in [0.1, 0.15) is 0 Å². The molecule has 1 fully saturated rings. The molecule has 82 valence electrons. The highest BCUT2D eigenvalue weighted by Gasteiger charge is 2.17. The third-order valence-electron chi connectivity index (χ3n) is 2.75. The van der Waals surface area contributed by atoms with Crippen molar-refractivity contribution in [3.8, 4) is 5.75 Å². The summed E-state index contributed by atoms with van der Waals surface area (Å²) in [6.45, 7) is 0.949. The Morgan fingerprint density at radius 2 is 2.20 bits per heavy atom. The van der Waals surface area contributed by atoms with Crippen LogP contribution in [0.1, 0.15) is 30.9 Å². The maximum atomic E-state index is 13.2. The van der Waals surface area contributed by atoms with Crippen LogP contribution >= 0.6 is 11.6 Å². The number of hydrogen-bond donors (Lipinski definition) is 2. The highest BCUT2D eigenvalue weighted by molar-refractivity contribution is 6.32. The van der Waals surface area contributed by atoms with Crippen molar-refractivity contribution in [2.45, 2.75) is 25.3 Å². The van der Waals surface area contributed by atoms with Crippen LogP contribution in [0.3, 0.4) is 0 Å². The van der Waals surface area contributed by atoms with Crippen LogP contribution in [0.4, 0.5) is 4.39 Å². The summed E-state index contributed by atoms with van der Waals surface area (Å²) in [5.41, 5.74) is 0.815. The summed E-state index contributed by atoms with van der Waals surface area (Å²) < 4.78 is 13.2. The number of halogens is 2. The third-order valence-corrected chi connectivity index (χ3v) is 3.04. The van der Waals surface area contributed by atoms with Crippen LogP contribution in [-0.4, -0.2) is 11.7 Å². The van der Waals surface area contributed by atoms with Gasteiger partial charge in [-0.25, -0.2) is 4.39 Å². The van der Waals surface area contributed by atoms with Crippen molar-refractivity contribution in [3.63, 3.8) is 0 Å². The van der Waals surface area contributed by atoms with Crippen LogP contribution in [-0.2, 0) is 0 Å². The van der Waals surface area contributed by atoms with Gasteiger partial charge >= 0.3 is 0 Å². The molecule has 0 bridgehead atoms. The van der Waals surface area contributed by atoms with Gasteiger partial charge in [0.25, 0.3) is 0 Å². The van der Waals surface area contributed by atoms with Crippen molar-refractivity contribution in [1.82, 2.24) is 5.32 Å². The summed E-state index contributed by atoms with van der Waals surface area (Å²) in [5, 5.41) is 12.6. The normalized spacial score (nSPS) is 21.6. The summed E-state index contributed by atoms with van der Waals surface area (Å²) in [5.74, 6) is -1.11. The van der Waals surface area contributed by atoms with E-state index in [0.717, 1.165) is 31.4 Å². The van der Waals surface area contributed by atoms with Crippen LogP contribution < -0.4 is 5.32 Å². The predicted molar refractivity (Wildman–Crippen MR) is 57.7 cm³/mol. The van der Waals surface area contributed by atoms with Crippen molar-refractivity contribution >= 4 is 11.6 Å². The second-order valence-electron chi connectivity index (χ2n) is 3.84. The van der Waals surface area contributed by atoms with E-state index in [1.54, 1.807) is 6.07 Å². The Morgan fingerprint density at radius 3 is 2.80 bits per heavy atom. The van der Waals surface area contributed by atoms with Gasteiger partial charge in [-0.3, -0.25) is 0 Å². The molecule has 1 aliphatic rings. The first kappa shape index (κ1) is 10.7. The molecular weight excluding hydrogens is 217 g/mol. The number of phenols is 1. The fourth-order valence-corrected chi connectivity index (χ4v) is 2.14. The number of hydrogen-bond acceptors (Lipinski definition) is 2. The molecule has 2 rings (SSSR count). The van der Waals surface area contributed by atoms with Crippen LogP contribution in [0, 0.1) is 5.82 Å². The van der Waals surface area contributed by atoms with Gasteiger partial charge in [-0.15, -0.1) is 0 Å². The molecule has 1 saturated heterocycles. The lowest BCUT2D eigenvalue weighted by atomic mass is 9.97. The molecule has 0 amide bonds. The van der Waals surface area contributed by atoms with Gasteiger partial charge < -0.3 is 10.4 Å². The molecule has 1 heterocycles. The highest BCUT2D eigenvalue weighted by Crippen LogP contribution is 2.32. The maximum absolute atomic E-state index is 13.2. The Bertz CT molecular complexity index is 341. The molecule has 0 radical (unpaired) electrons. The van der Waals surface area contributed by atoms with Crippen molar-refractivity contribution in [3.05, 3.63) is 28.5 Å². The monoisotopic (exact) mass is 229 g/mol. The zero-order valence-electron chi connectivity index (χ0n) is 8.26. The highest BCUT2D eigenvalue weighted by atomic mass is 35.5. The van der Waals surface area contributed by atoms with Crippen molar-refractivity contribution in [2.75, 3.05) is 6.54 Å². The zero-order valence-corrected chi connectivity index (χ0v) is 9.02. The molecule has 0 aliphatic carbocycles. The van der Waals surface area contributed by atoms with Crippen LogP contribution in [0.2, 0.25) is 5.02 Å². The zero-order chi connectivity index (χ0) is 10.8. The van der Waals surface area contributed by atoms with E-state index in [9.17, 15) is 9.50 Å². The number of benzene rings is 1. The van der Waals surface area contributed by atoms with E-state index in [4.69, 9.17) is 11.6 Å². The Labute approximate surface area is 93.1 Å². The average molecular weight is 230 g/mol. The minimum absolute atomic E-state index is 0.0809. The largest absolute Gasteiger partial charge is 0.504 e. The summed E-state index contributed by atoms with van der Waals surface area (Å²) in [6, 6.07) is 3.14. The molecule has 0 aromatic heterocycles. The van der Waals surface area contributed by atoms with Gasteiger partial charge in [0.15, 0.2) is 11.6 Å². The van der Waals surface area contributed by atoms with Gasteiger partial charge in [-0.05, 0) is 37.1 Å². The van der Waals surface area contributed by atoms with E-state index in [-0.39, 0.29) is 11.1 Å². The topological polar surface area (TPSA) is 32.3 Å². The van der Waals surface area contributed by atoms with E-state index in [1.807, 2.05) is 0 Å². The van der Waals surface area contributed by atoms with Crippen LogP contribution in [0.25, 0.3) is 0 Å². The number of rotatable bonds is 1. The average Bonchev–Trinajstić information content (AvgIpc) is 2.26. The molecular formula is C11H13ClFNO. The smallest absolute Gasteiger partial charge is 0.170 e. The first-order chi connectivity index (χ1) is 7.18. The number of aromatic hydroxyl groups is 1. The molecule has 1 aliphatic heterocycles. The first-order valence-corrected chi connectivity index (χ1v) is 5.47. The van der Waals surface area contributed by atoms with Crippen molar-refractivity contribution in [2.24, 2.45) is 0 Å². The second kappa shape index (κ2) is 4.37. The number of nitrogens with one attached hydrogen (secondary N) is 1. The fourth-order valence-electron chi connectivity index (χ4n) is 1.92. The van der Waals surface area contributed by atoms with E-state index in [2.05, 4.69) is 5.32 Å². The fraction of sp³-hybridized carbons (Fsp3) is 0.455. The lowest BCUT2D eigenvalue weighted by Crippen LogP contribution is -2.26. The Balaban J connectivity index is 2.27. The predicted octanol–water partition coefficient (Wildman–Crippen LogP) is 3.00. The Kier molecular flexibility index (Phi) is 3.12. The molecule has 0 spiro atoms. The maximum Gasteiger partial charge on any atom is 0.170 e. The minimum Gasteiger partial charge on any atom is -0.504 e. The molecule has 0 saturated carbocycles. The first-order valence-electron chi connectivity index (χ1n) is 5.10. The lowest BCUT2D eigenvalue weighted by molar-refractivity contribution is 0.405. The summed E-state index contributed by atoms with van der Waals surface area (Å²) in [7, 11) is 0. The minimum atomic E-state index is -0.648. The Morgan fingerprint density at radius 1 is 1.40 bits per heavy atom. The Hall–Kier alpha value is -0.800. The van der Waals surface area contributed by atoms with Gasteiger partial charge in [0, 0.05) is 6.04 Å². The summed E-state index contributed by atoms with van der Waals surface area (Å²) in [4.78, 5) is 0. The van der Waals surface area contributed by atoms with Gasteiger partial charge in [0.05, 0.1) is 5.02 Å². The van der Waals surface area contributed by atoms with Gasteiger partial charge in [-0.1, -0.05) is 18.0 Å². The molecule has 1 unspecified atom stereocenters.